The van der Waals surface area contributed by atoms with Crippen molar-refractivity contribution >= 4 is 27.5 Å². The van der Waals surface area contributed by atoms with Gasteiger partial charge in [-0.2, -0.15) is 0 Å². The number of halogens is 2. The number of hydrogen-bond acceptors (Lipinski definition) is 1. The molecule has 0 aromatic heterocycles. The molecule has 0 amide bonds. The fraction of sp³-hybridized carbons (Fsp3) is 0.500. The molecule has 0 saturated heterocycles. The van der Waals surface area contributed by atoms with Crippen LogP contribution in [0.4, 0.5) is 0 Å². The Morgan fingerprint density at radius 3 is 2.33 bits per heavy atom. The minimum Gasteiger partial charge on any atom is -0.313 e. The molecule has 0 saturated carbocycles. The Labute approximate surface area is 105 Å². The van der Waals surface area contributed by atoms with Crippen LogP contribution in [-0.4, -0.2) is 7.05 Å². The topological polar surface area (TPSA) is 12.0 Å². The zero-order chi connectivity index (χ0) is 11.6. The summed E-state index contributed by atoms with van der Waals surface area (Å²) in [5, 5.41) is 4.12. The van der Waals surface area contributed by atoms with Gasteiger partial charge in [-0.15, -0.1) is 0 Å². The highest BCUT2D eigenvalue weighted by molar-refractivity contribution is 9.10. The third-order valence-corrected chi connectivity index (χ3v) is 3.25. The van der Waals surface area contributed by atoms with Crippen molar-refractivity contribution in [3.05, 3.63) is 33.3 Å². The molecule has 1 unspecified atom stereocenters. The largest absolute Gasteiger partial charge is 0.313 e. The molecule has 15 heavy (non-hydrogen) atoms. The molecule has 0 bridgehead atoms. The van der Waals surface area contributed by atoms with Crippen molar-refractivity contribution in [2.75, 3.05) is 7.05 Å². The molecule has 1 rings (SSSR count). The smallest absolute Gasteiger partial charge is 0.0465 e. The van der Waals surface area contributed by atoms with E-state index in [1.807, 2.05) is 19.2 Å². The molecular formula is C12H17BrClN. The molecule has 0 heterocycles. The Balaban J connectivity index is 3.13. The third kappa shape index (κ3) is 3.20. The van der Waals surface area contributed by atoms with Crippen LogP contribution in [0.15, 0.2) is 22.7 Å². The average molecular weight is 291 g/mol. The standard InChI is InChI=1S/C12H17BrClN/c1-12(2,3)11(15-4)9-6-5-8(13)7-10(9)14/h5-7,11,15H,1-4H3. The summed E-state index contributed by atoms with van der Waals surface area (Å²) in [6, 6.07) is 6.29. The van der Waals surface area contributed by atoms with Crippen LogP contribution in [0, 0.1) is 5.41 Å². The van der Waals surface area contributed by atoms with Crippen LogP contribution in [0.5, 0.6) is 0 Å². The van der Waals surface area contributed by atoms with Crippen LogP contribution in [-0.2, 0) is 0 Å². The second kappa shape index (κ2) is 4.86. The van der Waals surface area contributed by atoms with Crippen LogP contribution in [0.3, 0.4) is 0 Å². The molecule has 0 aliphatic rings. The molecule has 1 aromatic carbocycles. The Hall–Kier alpha value is -0.0500. The van der Waals surface area contributed by atoms with Crippen LogP contribution in [0.2, 0.25) is 5.02 Å². The van der Waals surface area contributed by atoms with Crippen molar-refractivity contribution in [3.8, 4) is 0 Å². The first kappa shape index (κ1) is 13.0. The van der Waals surface area contributed by atoms with Gasteiger partial charge in [-0.1, -0.05) is 54.4 Å². The summed E-state index contributed by atoms with van der Waals surface area (Å²) in [7, 11) is 1.97. The Kier molecular flexibility index (Phi) is 4.21. The van der Waals surface area contributed by atoms with E-state index in [0.717, 1.165) is 15.1 Å². The first-order valence-electron chi connectivity index (χ1n) is 4.98. The highest BCUT2D eigenvalue weighted by atomic mass is 79.9. The van der Waals surface area contributed by atoms with E-state index in [0.29, 0.717) is 0 Å². The minimum absolute atomic E-state index is 0.145. The summed E-state index contributed by atoms with van der Waals surface area (Å²) in [5.41, 5.74) is 1.29. The maximum absolute atomic E-state index is 6.24. The van der Waals surface area contributed by atoms with Gasteiger partial charge in [0.2, 0.25) is 0 Å². The SMILES string of the molecule is CNC(c1ccc(Br)cc1Cl)C(C)(C)C. The fourth-order valence-corrected chi connectivity index (χ4v) is 2.57. The van der Waals surface area contributed by atoms with Crippen molar-refractivity contribution in [3.63, 3.8) is 0 Å². The third-order valence-electron chi connectivity index (χ3n) is 2.43. The summed E-state index contributed by atoms with van der Waals surface area (Å²) in [6.07, 6.45) is 0. The van der Waals surface area contributed by atoms with Gasteiger partial charge in [-0.25, -0.2) is 0 Å². The lowest BCUT2D eigenvalue weighted by Gasteiger charge is -2.31. The van der Waals surface area contributed by atoms with E-state index < -0.39 is 0 Å². The first-order chi connectivity index (χ1) is 6.86. The molecule has 1 atom stereocenters. The number of nitrogens with one attached hydrogen (secondary N) is 1. The van der Waals surface area contributed by atoms with E-state index in [1.54, 1.807) is 0 Å². The molecule has 3 heteroatoms. The van der Waals surface area contributed by atoms with Gasteiger partial charge in [0.05, 0.1) is 0 Å². The Morgan fingerprint density at radius 1 is 1.33 bits per heavy atom. The van der Waals surface area contributed by atoms with Crippen molar-refractivity contribution in [1.29, 1.82) is 0 Å². The van der Waals surface area contributed by atoms with Crippen molar-refractivity contribution in [2.45, 2.75) is 26.8 Å². The maximum atomic E-state index is 6.24. The molecule has 0 radical (unpaired) electrons. The van der Waals surface area contributed by atoms with E-state index in [9.17, 15) is 0 Å². The van der Waals surface area contributed by atoms with Gasteiger partial charge >= 0.3 is 0 Å². The average Bonchev–Trinajstić information content (AvgIpc) is 2.07. The van der Waals surface area contributed by atoms with E-state index in [1.165, 1.54) is 0 Å². The summed E-state index contributed by atoms with van der Waals surface area (Å²) in [5.74, 6) is 0. The number of hydrogen-bond donors (Lipinski definition) is 1. The van der Waals surface area contributed by atoms with E-state index in [-0.39, 0.29) is 11.5 Å². The number of benzene rings is 1. The zero-order valence-corrected chi connectivity index (χ0v) is 11.9. The molecule has 1 nitrogen and oxygen atoms in total. The lowest BCUT2D eigenvalue weighted by Crippen LogP contribution is -2.29. The zero-order valence-electron chi connectivity index (χ0n) is 9.57. The number of rotatable bonds is 2. The van der Waals surface area contributed by atoms with E-state index >= 15 is 0 Å². The van der Waals surface area contributed by atoms with Gasteiger partial charge in [0.1, 0.15) is 0 Å². The highest BCUT2D eigenvalue weighted by Gasteiger charge is 2.26. The Bertz CT molecular complexity index is 344. The Morgan fingerprint density at radius 2 is 1.93 bits per heavy atom. The highest BCUT2D eigenvalue weighted by Crippen LogP contribution is 2.36. The normalized spacial score (nSPS) is 14.0. The van der Waals surface area contributed by atoms with Gasteiger partial charge in [-0.3, -0.25) is 0 Å². The first-order valence-corrected chi connectivity index (χ1v) is 6.15. The van der Waals surface area contributed by atoms with Gasteiger partial charge in [-0.05, 0) is 30.2 Å². The van der Waals surface area contributed by atoms with Crippen molar-refractivity contribution < 1.29 is 0 Å². The minimum atomic E-state index is 0.145. The second-order valence-corrected chi connectivity index (χ2v) is 6.08. The van der Waals surface area contributed by atoms with Crippen LogP contribution in [0.1, 0.15) is 32.4 Å². The summed E-state index contributed by atoms with van der Waals surface area (Å²) >= 11 is 9.65. The van der Waals surface area contributed by atoms with Crippen molar-refractivity contribution in [1.82, 2.24) is 5.32 Å². The van der Waals surface area contributed by atoms with Crippen LogP contribution in [0.25, 0.3) is 0 Å². The quantitative estimate of drug-likeness (QED) is 0.851. The molecule has 0 aliphatic carbocycles. The fourth-order valence-electron chi connectivity index (χ4n) is 1.79. The molecule has 1 aromatic rings. The lowest BCUT2D eigenvalue weighted by atomic mass is 9.82. The summed E-state index contributed by atoms with van der Waals surface area (Å²) in [4.78, 5) is 0. The molecular weight excluding hydrogens is 273 g/mol. The summed E-state index contributed by atoms with van der Waals surface area (Å²) < 4.78 is 1.01. The molecule has 0 spiro atoms. The van der Waals surface area contributed by atoms with Gasteiger partial charge in [0.15, 0.2) is 0 Å². The predicted molar refractivity (Wildman–Crippen MR) is 70.4 cm³/mol. The molecule has 84 valence electrons. The van der Waals surface area contributed by atoms with Gasteiger partial charge < -0.3 is 5.32 Å². The monoisotopic (exact) mass is 289 g/mol. The van der Waals surface area contributed by atoms with Gasteiger partial charge in [0, 0.05) is 15.5 Å². The van der Waals surface area contributed by atoms with Crippen molar-refractivity contribution in [2.24, 2.45) is 5.41 Å². The lowest BCUT2D eigenvalue weighted by molar-refractivity contribution is 0.287. The second-order valence-electron chi connectivity index (χ2n) is 4.75. The van der Waals surface area contributed by atoms with Gasteiger partial charge in [0.25, 0.3) is 0 Å². The molecule has 1 N–H and O–H groups in total. The van der Waals surface area contributed by atoms with E-state index in [4.69, 9.17) is 11.6 Å². The molecule has 0 fully saturated rings. The summed E-state index contributed by atoms with van der Waals surface area (Å²) in [6.45, 7) is 6.60. The molecule has 0 aliphatic heterocycles. The predicted octanol–water partition coefficient (Wildman–Crippen LogP) is 4.41. The van der Waals surface area contributed by atoms with Crippen LogP contribution < -0.4 is 5.32 Å². The van der Waals surface area contributed by atoms with E-state index in [2.05, 4.69) is 48.1 Å². The maximum Gasteiger partial charge on any atom is 0.0465 e. The van der Waals surface area contributed by atoms with Crippen LogP contribution >= 0.6 is 27.5 Å².